The topological polar surface area (TPSA) is 37.3 Å². The third kappa shape index (κ3) is 18.5. The van der Waals surface area contributed by atoms with Crippen molar-refractivity contribution in [2.45, 2.75) is 13.3 Å². The molecule has 0 aromatic heterocycles. The van der Waals surface area contributed by atoms with E-state index in [1.54, 1.807) is 6.92 Å². The Morgan fingerprint density at radius 3 is 2.00 bits per heavy atom. The van der Waals surface area contributed by atoms with E-state index in [9.17, 15) is 4.79 Å². The molecule has 0 fully saturated rings. The molecule has 0 atom stereocenters. The number of rotatable bonds is 1. The molecule has 0 aliphatic rings. The van der Waals surface area contributed by atoms with Gasteiger partial charge < -0.3 is 10.8 Å². The maximum absolute atomic E-state index is 9.37. The van der Waals surface area contributed by atoms with Gasteiger partial charge in [-0.25, -0.2) is 0 Å². The first-order chi connectivity index (χ1) is 2.27. The van der Waals surface area contributed by atoms with Gasteiger partial charge in [-0.15, -0.1) is 0 Å². The van der Waals surface area contributed by atoms with Gasteiger partial charge in [-0.05, 0) is 0 Å². The van der Waals surface area contributed by atoms with Crippen LogP contribution in [0.2, 0.25) is 0 Å². The summed E-state index contributed by atoms with van der Waals surface area (Å²) in [6.45, 7) is 1.60. The molecule has 0 spiro atoms. The van der Waals surface area contributed by atoms with E-state index in [-0.39, 0.29) is 72.9 Å². The second-order valence-corrected chi connectivity index (χ2v) is 0.747. The van der Waals surface area contributed by atoms with Gasteiger partial charge in [0.15, 0.2) is 0 Å². The molecular weight excluding hydrogens is 132 g/mol. The van der Waals surface area contributed by atoms with Gasteiger partial charge in [-0.2, -0.15) is 0 Å². The van der Waals surface area contributed by atoms with Crippen molar-refractivity contribution in [2.75, 3.05) is 0 Å². The first kappa shape index (κ1) is 15.8. The number of carboxylic acids is 1. The third-order valence-corrected chi connectivity index (χ3v) is 0.302. The molecular formula is C3H10CaMgO2. The molecule has 0 saturated carbocycles. The molecule has 0 aromatic rings. The van der Waals surface area contributed by atoms with Gasteiger partial charge >= 0.3 is 66.8 Å². The van der Waals surface area contributed by atoms with E-state index in [1.807, 2.05) is 0 Å². The number of hydrogen-bond donors (Lipinski definition) is 1. The van der Waals surface area contributed by atoms with Gasteiger partial charge in [0.2, 0.25) is 0 Å². The summed E-state index contributed by atoms with van der Waals surface area (Å²) in [7, 11) is 0. The predicted molar refractivity (Wildman–Crippen MR) is 33.9 cm³/mol. The summed E-state index contributed by atoms with van der Waals surface area (Å²) in [4.78, 5) is 9.37. The van der Waals surface area contributed by atoms with Crippen LogP contribution < -0.4 is 0 Å². The molecule has 0 unspecified atom stereocenters. The fourth-order valence-electron chi connectivity index (χ4n) is 0. The summed E-state index contributed by atoms with van der Waals surface area (Å²) in [5.41, 5.74) is 0. The van der Waals surface area contributed by atoms with Crippen molar-refractivity contribution in [1.29, 1.82) is 0 Å². The standard InChI is InChI=1S/C3H6O2.Ca.Mg.4H/c1-2-3(4)5;;;;;;/h2H2,1H3,(H,4,5);;;;;;/q;2*+2;4*-1. The van der Waals surface area contributed by atoms with E-state index in [4.69, 9.17) is 5.11 Å². The van der Waals surface area contributed by atoms with E-state index in [2.05, 4.69) is 0 Å². The second kappa shape index (κ2) is 10.5. The summed E-state index contributed by atoms with van der Waals surface area (Å²) < 4.78 is 0. The fraction of sp³-hybridized carbons (Fsp3) is 0.667. The van der Waals surface area contributed by atoms with Crippen molar-refractivity contribution >= 4 is 66.8 Å². The summed E-state index contributed by atoms with van der Waals surface area (Å²) in [5.74, 6) is -0.745. The van der Waals surface area contributed by atoms with Crippen molar-refractivity contribution in [3.8, 4) is 0 Å². The normalized spacial score (nSPS) is 5.29. The zero-order chi connectivity index (χ0) is 4.28. The average Bonchev–Trinajstić information content (AvgIpc) is 1.38. The Labute approximate surface area is 94.7 Å². The molecule has 0 saturated heterocycles. The van der Waals surface area contributed by atoms with Crippen LogP contribution in [-0.2, 0) is 4.79 Å². The Hall–Kier alpha value is 1.50. The van der Waals surface area contributed by atoms with Gasteiger partial charge in [0.05, 0.1) is 0 Å². The van der Waals surface area contributed by atoms with Crippen molar-refractivity contribution in [2.24, 2.45) is 0 Å². The third-order valence-electron chi connectivity index (χ3n) is 0.302. The molecule has 0 aliphatic heterocycles. The maximum Gasteiger partial charge on any atom is 2.00 e. The van der Waals surface area contributed by atoms with E-state index in [0.717, 1.165) is 0 Å². The van der Waals surface area contributed by atoms with Crippen molar-refractivity contribution in [1.82, 2.24) is 0 Å². The molecule has 0 rings (SSSR count). The minimum Gasteiger partial charge on any atom is -1.00 e. The van der Waals surface area contributed by atoms with Crippen molar-refractivity contribution in [3.63, 3.8) is 0 Å². The van der Waals surface area contributed by atoms with E-state index >= 15 is 0 Å². The van der Waals surface area contributed by atoms with E-state index in [0.29, 0.717) is 0 Å². The van der Waals surface area contributed by atoms with E-state index in [1.165, 1.54) is 0 Å². The number of hydrogen-bond acceptors (Lipinski definition) is 1. The van der Waals surface area contributed by atoms with Crippen molar-refractivity contribution < 1.29 is 15.6 Å². The Balaban J connectivity index is -0.00000000533. The monoisotopic (exact) mass is 142 g/mol. The second-order valence-electron chi connectivity index (χ2n) is 0.747. The first-order valence-corrected chi connectivity index (χ1v) is 1.49. The number of carbonyl (C=O) groups is 1. The van der Waals surface area contributed by atoms with Gasteiger partial charge in [-0.3, -0.25) is 4.79 Å². The minimum atomic E-state index is -0.745. The molecule has 0 heterocycles. The first-order valence-electron chi connectivity index (χ1n) is 1.49. The van der Waals surface area contributed by atoms with Gasteiger partial charge in [0.25, 0.3) is 0 Å². The Morgan fingerprint density at radius 2 is 2.00 bits per heavy atom. The molecule has 0 bridgehead atoms. The molecule has 2 nitrogen and oxygen atoms in total. The van der Waals surface area contributed by atoms with Crippen LogP contribution in [0.1, 0.15) is 19.1 Å². The van der Waals surface area contributed by atoms with Crippen LogP contribution in [-0.4, -0.2) is 71.9 Å². The molecule has 0 aliphatic carbocycles. The van der Waals surface area contributed by atoms with Crippen LogP contribution >= 0.6 is 0 Å². The van der Waals surface area contributed by atoms with Crippen molar-refractivity contribution in [3.05, 3.63) is 0 Å². The smallest absolute Gasteiger partial charge is 1.00 e. The number of carboxylic acid groups (broad SMARTS) is 1. The zero-order valence-electron chi connectivity index (χ0n) is 8.48. The van der Waals surface area contributed by atoms with E-state index < -0.39 is 5.97 Å². The predicted octanol–water partition coefficient (Wildman–Crippen LogP) is 0.169. The maximum atomic E-state index is 9.37. The van der Waals surface area contributed by atoms with Crippen LogP contribution in [0.4, 0.5) is 0 Å². The zero-order valence-corrected chi connectivity index (χ0v) is 8.10. The molecule has 7 heavy (non-hydrogen) atoms. The van der Waals surface area contributed by atoms with Crippen LogP contribution in [0.5, 0.6) is 0 Å². The Morgan fingerprint density at radius 1 is 1.86 bits per heavy atom. The molecule has 4 heteroatoms. The molecule has 0 radical (unpaired) electrons. The van der Waals surface area contributed by atoms with Gasteiger partial charge in [0, 0.05) is 6.42 Å². The van der Waals surface area contributed by atoms with Crippen LogP contribution in [0.3, 0.4) is 0 Å². The summed E-state index contributed by atoms with van der Waals surface area (Å²) in [5, 5.41) is 7.72. The van der Waals surface area contributed by atoms with Crippen LogP contribution in [0.25, 0.3) is 0 Å². The van der Waals surface area contributed by atoms with Crippen LogP contribution in [0, 0.1) is 0 Å². The quantitative estimate of drug-likeness (QED) is 0.530. The molecule has 38 valence electrons. The molecule has 0 amide bonds. The van der Waals surface area contributed by atoms with Gasteiger partial charge in [0.1, 0.15) is 0 Å². The average molecular weight is 142 g/mol. The SMILES string of the molecule is CCC(=O)O.[Ca+2].[H-].[H-].[H-].[H-].[Mg+2]. The summed E-state index contributed by atoms with van der Waals surface area (Å²) in [6.07, 6.45) is 0.222. The minimum absolute atomic E-state index is 0. The summed E-state index contributed by atoms with van der Waals surface area (Å²) >= 11 is 0. The fourth-order valence-corrected chi connectivity index (χ4v) is 0. The number of aliphatic carboxylic acids is 1. The van der Waals surface area contributed by atoms with Gasteiger partial charge in [-0.1, -0.05) is 6.92 Å². The Kier molecular flexibility index (Phi) is 23.6. The molecule has 1 N–H and O–H groups in total. The molecule has 0 aromatic carbocycles. The summed E-state index contributed by atoms with van der Waals surface area (Å²) in [6, 6.07) is 0. The largest absolute Gasteiger partial charge is 2.00 e. The van der Waals surface area contributed by atoms with Crippen LogP contribution in [0.15, 0.2) is 0 Å². The Bertz CT molecular complexity index is 58.6.